The number of nitrogens with two attached hydrogens (primary N) is 1. The van der Waals surface area contributed by atoms with Gasteiger partial charge >= 0.3 is 0 Å². The van der Waals surface area contributed by atoms with Crippen molar-refractivity contribution in [3.63, 3.8) is 0 Å². The van der Waals surface area contributed by atoms with Crippen LogP contribution < -0.4 is 15.8 Å². The summed E-state index contributed by atoms with van der Waals surface area (Å²) in [6.07, 6.45) is -0.0153. The van der Waals surface area contributed by atoms with Crippen molar-refractivity contribution >= 4 is 11.6 Å². The van der Waals surface area contributed by atoms with Crippen LogP contribution in [0.1, 0.15) is 24.2 Å². The van der Waals surface area contributed by atoms with Gasteiger partial charge in [0.1, 0.15) is 5.75 Å². The minimum Gasteiger partial charge on any atom is -0.497 e. The van der Waals surface area contributed by atoms with E-state index >= 15 is 0 Å². The number of amides is 1. The zero-order valence-electron chi connectivity index (χ0n) is 11.0. The van der Waals surface area contributed by atoms with Crippen molar-refractivity contribution in [3.8, 4) is 5.75 Å². The molecule has 1 rings (SSSR count). The van der Waals surface area contributed by atoms with Crippen molar-refractivity contribution in [1.82, 2.24) is 5.32 Å². The van der Waals surface area contributed by atoms with E-state index in [4.69, 9.17) is 15.2 Å². The zero-order valence-corrected chi connectivity index (χ0v) is 11.0. The van der Waals surface area contributed by atoms with Gasteiger partial charge in [0.15, 0.2) is 0 Å². The van der Waals surface area contributed by atoms with Crippen LogP contribution >= 0.6 is 0 Å². The number of benzene rings is 1. The molecule has 0 spiro atoms. The number of hydrogen-bond donors (Lipinski definition) is 2. The van der Waals surface area contributed by atoms with Crippen molar-refractivity contribution in [3.05, 3.63) is 23.8 Å². The number of carbonyl (C=O) groups excluding carboxylic acids is 1. The highest BCUT2D eigenvalue weighted by molar-refractivity contribution is 5.99. The second-order valence-electron chi connectivity index (χ2n) is 3.93. The van der Waals surface area contributed by atoms with Gasteiger partial charge in [-0.15, -0.1) is 0 Å². The van der Waals surface area contributed by atoms with Gasteiger partial charge in [0.05, 0.1) is 18.8 Å². The molecule has 1 amide bonds. The van der Waals surface area contributed by atoms with Crippen LogP contribution in [0.2, 0.25) is 0 Å². The number of carbonyl (C=O) groups is 1. The topological polar surface area (TPSA) is 73.6 Å². The van der Waals surface area contributed by atoms with Gasteiger partial charge in [0.2, 0.25) is 0 Å². The summed E-state index contributed by atoms with van der Waals surface area (Å²) >= 11 is 0. The monoisotopic (exact) mass is 252 g/mol. The van der Waals surface area contributed by atoms with Gasteiger partial charge in [-0.2, -0.15) is 0 Å². The third-order valence-electron chi connectivity index (χ3n) is 2.50. The van der Waals surface area contributed by atoms with Gasteiger partial charge in [-0.3, -0.25) is 4.79 Å². The molecule has 0 aromatic heterocycles. The summed E-state index contributed by atoms with van der Waals surface area (Å²) < 4.78 is 10.4. The van der Waals surface area contributed by atoms with Crippen LogP contribution in [0.3, 0.4) is 0 Å². The normalized spacial score (nSPS) is 11.9. The number of methoxy groups -OCH3 is 1. The Balaban J connectivity index is 2.61. The van der Waals surface area contributed by atoms with Crippen LogP contribution in [0.4, 0.5) is 5.69 Å². The van der Waals surface area contributed by atoms with E-state index in [1.165, 1.54) is 0 Å². The Bertz CT molecular complexity index is 407. The summed E-state index contributed by atoms with van der Waals surface area (Å²) in [7, 11) is 1.55. The predicted molar refractivity (Wildman–Crippen MR) is 70.8 cm³/mol. The average molecular weight is 252 g/mol. The molecule has 1 aromatic rings. The Hall–Kier alpha value is -1.75. The smallest absolute Gasteiger partial charge is 0.253 e. The van der Waals surface area contributed by atoms with E-state index in [0.717, 1.165) is 0 Å². The maximum Gasteiger partial charge on any atom is 0.253 e. The third kappa shape index (κ3) is 3.92. The summed E-state index contributed by atoms with van der Waals surface area (Å²) in [6, 6.07) is 4.98. The first-order valence-corrected chi connectivity index (χ1v) is 5.91. The second-order valence-corrected chi connectivity index (χ2v) is 3.93. The molecule has 0 bridgehead atoms. The van der Waals surface area contributed by atoms with Crippen molar-refractivity contribution < 1.29 is 14.3 Å². The fraction of sp³-hybridized carbons (Fsp3) is 0.462. The Morgan fingerprint density at radius 1 is 1.50 bits per heavy atom. The van der Waals surface area contributed by atoms with E-state index in [2.05, 4.69) is 5.32 Å². The highest BCUT2D eigenvalue weighted by atomic mass is 16.5. The lowest BCUT2D eigenvalue weighted by Gasteiger charge is -2.13. The SMILES string of the molecule is CCOC(C)CNC(=O)c1ccc(OC)cc1N. The van der Waals surface area contributed by atoms with Crippen molar-refractivity contribution in [1.29, 1.82) is 0 Å². The standard InChI is InChI=1S/C13H20N2O3/c1-4-18-9(2)8-15-13(16)11-6-5-10(17-3)7-12(11)14/h5-7,9H,4,8,14H2,1-3H3,(H,15,16). The lowest BCUT2D eigenvalue weighted by Crippen LogP contribution is -2.32. The molecule has 100 valence electrons. The minimum absolute atomic E-state index is 0.0153. The maximum atomic E-state index is 11.9. The number of ether oxygens (including phenoxy) is 2. The number of nitrogens with one attached hydrogen (secondary N) is 1. The van der Waals surface area contributed by atoms with Crippen molar-refractivity contribution in [2.75, 3.05) is 26.0 Å². The van der Waals surface area contributed by atoms with Gasteiger partial charge in [0.25, 0.3) is 5.91 Å². The summed E-state index contributed by atoms with van der Waals surface area (Å²) in [5.74, 6) is 0.424. The van der Waals surface area contributed by atoms with Crippen LogP contribution in [-0.4, -0.2) is 32.3 Å². The lowest BCUT2D eigenvalue weighted by atomic mass is 10.1. The summed E-state index contributed by atoms with van der Waals surface area (Å²) in [5, 5.41) is 2.78. The van der Waals surface area contributed by atoms with Crippen LogP contribution in [-0.2, 0) is 4.74 Å². The molecule has 0 saturated heterocycles. The zero-order chi connectivity index (χ0) is 13.5. The Kier molecular flexibility index (Phi) is 5.45. The molecule has 0 aliphatic heterocycles. The lowest BCUT2D eigenvalue weighted by molar-refractivity contribution is 0.0695. The van der Waals surface area contributed by atoms with Crippen LogP contribution in [0, 0.1) is 0 Å². The summed E-state index contributed by atoms with van der Waals surface area (Å²) in [5.41, 5.74) is 6.63. The minimum atomic E-state index is -0.207. The van der Waals surface area contributed by atoms with E-state index in [9.17, 15) is 4.79 Å². The highest BCUT2D eigenvalue weighted by Gasteiger charge is 2.11. The molecule has 1 atom stereocenters. The van der Waals surface area contributed by atoms with Gasteiger partial charge in [-0.25, -0.2) is 0 Å². The molecule has 0 aliphatic rings. The van der Waals surface area contributed by atoms with E-state index in [1.54, 1.807) is 25.3 Å². The fourth-order valence-corrected chi connectivity index (χ4v) is 1.55. The largest absolute Gasteiger partial charge is 0.497 e. The van der Waals surface area contributed by atoms with Crippen LogP contribution in [0.5, 0.6) is 5.75 Å². The Morgan fingerprint density at radius 2 is 2.22 bits per heavy atom. The Labute approximate surface area is 107 Å². The van der Waals surface area contributed by atoms with E-state index < -0.39 is 0 Å². The molecule has 5 nitrogen and oxygen atoms in total. The number of nitrogen functional groups attached to an aromatic ring is 1. The molecule has 1 unspecified atom stereocenters. The van der Waals surface area contributed by atoms with Crippen molar-refractivity contribution in [2.45, 2.75) is 20.0 Å². The molecule has 0 fully saturated rings. The van der Waals surface area contributed by atoms with E-state index in [1.807, 2.05) is 13.8 Å². The molecule has 0 aliphatic carbocycles. The molecular formula is C13H20N2O3. The fourth-order valence-electron chi connectivity index (χ4n) is 1.55. The number of rotatable bonds is 6. The summed E-state index contributed by atoms with van der Waals surface area (Å²) in [4.78, 5) is 11.9. The molecule has 5 heteroatoms. The van der Waals surface area contributed by atoms with Gasteiger partial charge in [0, 0.05) is 24.9 Å². The van der Waals surface area contributed by atoms with Crippen LogP contribution in [0.25, 0.3) is 0 Å². The molecule has 3 N–H and O–H groups in total. The van der Waals surface area contributed by atoms with Gasteiger partial charge in [-0.1, -0.05) is 0 Å². The third-order valence-corrected chi connectivity index (χ3v) is 2.50. The van der Waals surface area contributed by atoms with E-state index in [-0.39, 0.29) is 12.0 Å². The predicted octanol–water partition coefficient (Wildman–Crippen LogP) is 1.43. The quantitative estimate of drug-likeness (QED) is 0.751. The van der Waals surface area contributed by atoms with E-state index in [0.29, 0.717) is 30.2 Å². The number of anilines is 1. The van der Waals surface area contributed by atoms with Gasteiger partial charge in [-0.05, 0) is 26.0 Å². The molecule has 0 saturated carbocycles. The molecule has 18 heavy (non-hydrogen) atoms. The van der Waals surface area contributed by atoms with Gasteiger partial charge < -0.3 is 20.5 Å². The average Bonchev–Trinajstić information content (AvgIpc) is 2.36. The first kappa shape index (κ1) is 14.3. The molecule has 0 heterocycles. The van der Waals surface area contributed by atoms with Crippen LogP contribution in [0.15, 0.2) is 18.2 Å². The summed E-state index contributed by atoms with van der Waals surface area (Å²) in [6.45, 7) is 4.90. The Morgan fingerprint density at radius 3 is 2.78 bits per heavy atom. The van der Waals surface area contributed by atoms with Crippen molar-refractivity contribution in [2.24, 2.45) is 0 Å². The maximum absolute atomic E-state index is 11.9. The molecule has 0 radical (unpaired) electrons. The molecule has 1 aromatic carbocycles. The first-order valence-electron chi connectivity index (χ1n) is 5.91. The highest BCUT2D eigenvalue weighted by Crippen LogP contribution is 2.19. The number of hydrogen-bond acceptors (Lipinski definition) is 4. The molecular weight excluding hydrogens is 232 g/mol. The first-order chi connectivity index (χ1) is 8.58. The second kappa shape index (κ2) is 6.86.